The first-order valence-corrected chi connectivity index (χ1v) is 9.34. The van der Waals surface area contributed by atoms with Crippen LogP contribution in [0, 0.1) is 5.92 Å². The van der Waals surface area contributed by atoms with Crippen LogP contribution in [-0.4, -0.2) is 33.8 Å². The van der Waals surface area contributed by atoms with Crippen molar-refractivity contribution in [1.82, 2.24) is 25.4 Å². The molecular weight excluding hydrogens is 338 g/mol. The van der Waals surface area contributed by atoms with Crippen LogP contribution < -0.4 is 10.6 Å². The van der Waals surface area contributed by atoms with E-state index >= 15 is 0 Å². The Hall–Kier alpha value is -2.99. The summed E-state index contributed by atoms with van der Waals surface area (Å²) >= 11 is 0. The second-order valence-corrected chi connectivity index (χ2v) is 6.76. The number of para-hydroxylation sites is 1. The molecule has 6 nitrogen and oxygen atoms in total. The van der Waals surface area contributed by atoms with E-state index in [0.717, 1.165) is 41.9 Å². The number of carbonyl (C=O) groups is 1. The van der Waals surface area contributed by atoms with Crippen molar-refractivity contribution in [2.75, 3.05) is 13.1 Å². The number of nitrogens with zero attached hydrogens (tertiary/aromatic N) is 3. The molecule has 1 fully saturated rings. The van der Waals surface area contributed by atoms with Crippen LogP contribution in [0.25, 0.3) is 16.9 Å². The average Bonchev–Trinajstić information content (AvgIpc) is 3.49. The Labute approximate surface area is 158 Å². The third kappa shape index (κ3) is 4.41. The van der Waals surface area contributed by atoms with Gasteiger partial charge in [0.1, 0.15) is 0 Å². The summed E-state index contributed by atoms with van der Waals surface area (Å²) in [6, 6.07) is 14.0. The minimum absolute atomic E-state index is 0.186. The van der Waals surface area contributed by atoms with Gasteiger partial charge in [0, 0.05) is 55.3 Å². The maximum absolute atomic E-state index is 11.7. The predicted molar refractivity (Wildman–Crippen MR) is 104 cm³/mol. The third-order valence-corrected chi connectivity index (χ3v) is 4.63. The highest BCUT2D eigenvalue weighted by atomic mass is 16.2. The van der Waals surface area contributed by atoms with Gasteiger partial charge in [0.05, 0.1) is 11.4 Å². The van der Waals surface area contributed by atoms with Crippen molar-refractivity contribution in [3.05, 3.63) is 66.6 Å². The fraction of sp³-hybridized carbons (Fsp3) is 0.286. The van der Waals surface area contributed by atoms with E-state index in [0.29, 0.717) is 13.1 Å². The molecule has 2 N–H and O–H groups in total. The lowest BCUT2D eigenvalue weighted by atomic mass is 10.1. The Morgan fingerprint density at radius 3 is 2.59 bits per heavy atom. The molecule has 27 heavy (non-hydrogen) atoms. The van der Waals surface area contributed by atoms with E-state index < -0.39 is 0 Å². The van der Waals surface area contributed by atoms with Gasteiger partial charge < -0.3 is 10.6 Å². The summed E-state index contributed by atoms with van der Waals surface area (Å²) < 4.78 is 1.90. The van der Waals surface area contributed by atoms with Crippen LogP contribution in [-0.2, 0) is 11.3 Å². The molecule has 2 heterocycles. The predicted octanol–water partition coefficient (Wildman–Crippen LogP) is 2.55. The van der Waals surface area contributed by atoms with Crippen molar-refractivity contribution in [3.8, 4) is 16.9 Å². The number of hydrogen-bond donors (Lipinski definition) is 2. The lowest BCUT2D eigenvalue weighted by molar-refractivity contribution is -0.122. The van der Waals surface area contributed by atoms with Gasteiger partial charge in [-0.25, -0.2) is 4.68 Å². The van der Waals surface area contributed by atoms with Gasteiger partial charge in [0.25, 0.3) is 0 Å². The first-order chi connectivity index (χ1) is 13.3. The quantitative estimate of drug-likeness (QED) is 0.605. The van der Waals surface area contributed by atoms with Crippen molar-refractivity contribution in [2.45, 2.75) is 19.4 Å². The number of aromatic nitrogens is 3. The smallest absolute Gasteiger partial charge is 0.223 e. The van der Waals surface area contributed by atoms with Crippen molar-refractivity contribution >= 4 is 5.91 Å². The Balaban J connectivity index is 1.45. The number of nitrogens with one attached hydrogen (secondary N) is 2. The zero-order valence-electron chi connectivity index (χ0n) is 15.1. The monoisotopic (exact) mass is 361 g/mol. The number of rotatable bonds is 8. The lowest BCUT2D eigenvalue weighted by Gasteiger charge is -2.06. The number of pyridine rings is 1. The molecule has 2 aromatic heterocycles. The Kier molecular flexibility index (Phi) is 5.25. The molecule has 6 heteroatoms. The van der Waals surface area contributed by atoms with Crippen LogP contribution in [0.5, 0.6) is 0 Å². The highest BCUT2D eigenvalue weighted by Gasteiger charge is 2.28. The van der Waals surface area contributed by atoms with Crippen molar-refractivity contribution in [3.63, 3.8) is 0 Å². The standard InChI is InChI=1S/C21H23N5O/c27-21(17-6-7-17)24-13-12-23-14-18-15-26(19-4-2-1-3-5-19)25-20(18)16-8-10-22-11-9-16/h1-5,8-11,15,17,23H,6-7,12-14H2,(H,24,27). The van der Waals surface area contributed by atoms with Gasteiger partial charge in [-0.1, -0.05) is 18.2 Å². The third-order valence-electron chi connectivity index (χ3n) is 4.63. The minimum Gasteiger partial charge on any atom is -0.355 e. The molecule has 0 atom stereocenters. The van der Waals surface area contributed by atoms with Crippen LogP contribution in [0.4, 0.5) is 0 Å². The van der Waals surface area contributed by atoms with E-state index in [4.69, 9.17) is 5.10 Å². The van der Waals surface area contributed by atoms with E-state index in [-0.39, 0.29) is 11.8 Å². The molecule has 1 aliphatic rings. The van der Waals surface area contributed by atoms with Gasteiger partial charge in [0.15, 0.2) is 0 Å². The van der Waals surface area contributed by atoms with E-state index in [1.165, 1.54) is 0 Å². The van der Waals surface area contributed by atoms with E-state index in [9.17, 15) is 4.79 Å². The second kappa shape index (κ2) is 8.14. The topological polar surface area (TPSA) is 71.8 Å². The number of benzene rings is 1. The highest BCUT2D eigenvalue weighted by Crippen LogP contribution is 2.28. The lowest BCUT2D eigenvalue weighted by Crippen LogP contribution is -2.32. The molecule has 0 saturated heterocycles. The molecule has 0 radical (unpaired) electrons. The molecule has 1 saturated carbocycles. The summed E-state index contributed by atoms with van der Waals surface area (Å²) in [5.41, 5.74) is 4.11. The van der Waals surface area contributed by atoms with E-state index in [2.05, 4.69) is 21.8 Å². The normalized spacial score (nSPS) is 13.5. The van der Waals surface area contributed by atoms with E-state index in [1.54, 1.807) is 12.4 Å². The van der Waals surface area contributed by atoms with Gasteiger partial charge in [0.2, 0.25) is 5.91 Å². The summed E-state index contributed by atoms with van der Waals surface area (Å²) in [7, 11) is 0. The van der Waals surface area contributed by atoms with Crippen LogP contribution in [0.2, 0.25) is 0 Å². The molecule has 0 bridgehead atoms. The maximum Gasteiger partial charge on any atom is 0.223 e. The van der Waals surface area contributed by atoms with Crippen LogP contribution in [0.3, 0.4) is 0 Å². The number of carbonyl (C=O) groups excluding carboxylic acids is 1. The SMILES string of the molecule is O=C(NCCNCc1cn(-c2ccccc2)nc1-c1ccncc1)C1CC1. The second-order valence-electron chi connectivity index (χ2n) is 6.76. The first kappa shape index (κ1) is 17.4. The molecule has 0 aliphatic heterocycles. The summed E-state index contributed by atoms with van der Waals surface area (Å²) in [6.45, 7) is 2.06. The van der Waals surface area contributed by atoms with Crippen LogP contribution >= 0.6 is 0 Å². The van der Waals surface area contributed by atoms with Gasteiger partial charge >= 0.3 is 0 Å². The number of hydrogen-bond acceptors (Lipinski definition) is 4. The Bertz CT molecular complexity index is 887. The van der Waals surface area contributed by atoms with Gasteiger partial charge in [-0.05, 0) is 37.1 Å². The van der Waals surface area contributed by atoms with Crippen molar-refractivity contribution in [2.24, 2.45) is 5.92 Å². The van der Waals surface area contributed by atoms with Gasteiger partial charge in [-0.2, -0.15) is 5.10 Å². The molecule has 1 aromatic carbocycles. The molecule has 4 rings (SSSR count). The van der Waals surface area contributed by atoms with Crippen molar-refractivity contribution < 1.29 is 4.79 Å². The molecule has 1 amide bonds. The maximum atomic E-state index is 11.7. The van der Waals surface area contributed by atoms with Crippen LogP contribution in [0.15, 0.2) is 61.1 Å². The van der Waals surface area contributed by atoms with E-state index in [1.807, 2.05) is 47.1 Å². The zero-order chi connectivity index (χ0) is 18.5. The molecule has 0 unspecified atom stereocenters. The highest BCUT2D eigenvalue weighted by molar-refractivity contribution is 5.80. The molecule has 1 aliphatic carbocycles. The largest absolute Gasteiger partial charge is 0.355 e. The summed E-state index contributed by atoms with van der Waals surface area (Å²) in [6.07, 6.45) is 7.68. The summed E-state index contributed by atoms with van der Waals surface area (Å²) in [4.78, 5) is 15.8. The fourth-order valence-corrected chi connectivity index (χ4v) is 2.99. The average molecular weight is 361 g/mol. The molecule has 0 spiro atoms. The zero-order valence-corrected chi connectivity index (χ0v) is 15.1. The summed E-state index contributed by atoms with van der Waals surface area (Å²) in [5.74, 6) is 0.443. The fourth-order valence-electron chi connectivity index (χ4n) is 2.99. The van der Waals surface area contributed by atoms with Gasteiger partial charge in [-0.15, -0.1) is 0 Å². The van der Waals surface area contributed by atoms with Crippen LogP contribution in [0.1, 0.15) is 18.4 Å². The van der Waals surface area contributed by atoms with Crippen molar-refractivity contribution in [1.29, 1.82) is 0 Å². The molecular formula is C21H23N5O. The van der Waals surface area contributed by atoms with Gasteiger partial charge in [-0.3, -0.25) is 9.78 Å². The molecule has 138 valence electrons. The number of amides is 1. The Morgan fingerprint density at radius 1 is 1.07 bits per heavy atom. The summed E-state index contributed by atoms with van der Waals surface area (Å²) in [5, 5.41) is 11.2. The first-order valence-electron chi connectivity index (χ1n) is 9.34. The minimum atomic E-state index is 0.186. The Morgan fingerprint density at radius 2 is 1.85 bits per heavy atom. The molecule has 3 aromatic rings.